The van der Waals surface area contributed by atoms with E-state index in [2.05, 4.69) is 36.4 Å². The summed E-state index contributed by atoms with van der Waals surface area (Å²) in [5.74, 6) is -0.263. The number of benzene rings is 3. The minimum atomic E-state index is -0.814. The standard InChI is InChI=1S/C26H28O3/c1-25(2,3)29-24(27)19-20-28-26(21-13-7-4-8-14-21,22-15-9-5-10-16-22)23-17-11-6-12-18-23/h4-18H,19-20H2,1-3H3. The lowest BCUT2D eigenvalue weighted by atomic mass is 9.80. The van der Waals surface area contributed by atoms with Crippen LogP contribution in [-0.2, 0) is 19.9 Å². The molecule has 3 aromatic rings. The summed E-state index contributed by atoms with van der Waals surface area (Å²) >= 11 is 0. The Hall–Kier alpha value is -2.91. The maximum atomic E-state index is 12.3. The van der Waals surface area contributed by atoms with Crippen LogP contribution in [0.5, 0.6) is 0 Å². The summed E-state index contributed by atoms with van der Waals surface area (Å²) in [5, 5.41) is 0. The number of hydrogen-bond donors (Lipinski definition) is 0. The number of rotatable bonds is 7. The van der Waals surface area contributed by atoms with E-state index in [0.717, 1.165) is 16.7 Å². The molecular formula is C26H28O3. The van der Waals surface area contributed by atoms with Crippen molar-refractivity contribution < 1.29 is 14.3 Å². The summed E-state index contributed by atoms with van der Waals surface area (Å²) in [7, 11) is 0. The Morgan fingerprint density at radius 2 is 1.07 bits per heavy atom. The van der Waals surface area contributed by atoms with Gasteiger partial charge in [0.15, 0.2) is 0 Å². The molecule has 0 aliphatic carbocycles. The molecule has 0 bridgehead atoms. The largest absolute Gasteiger partial charge is 0.460 e. The Kier molecular flexibility index (Phi) is 6.50. The summed E-state index contributed by atoms with van der Waals surface area (Å²) in [4.78, 5) is 12.3. The smallest absolute Gasteiger partial charge is 0.308 e. The van der Waals surface area contributed by atoms with Gasteiger partial charge in [-0.25, -0.2) is 0 Å². The fraction of sp³-hybridized carbons (Fsp3) is 0.269. The van der Waals surface area contributed by atoms with Gasteiger partial charge in [0.1, 0.15) is 11.2 Å². The first kappa shape index (κ1) is 20.8. The van der Waals surface area contributed by atoms with Crippen molar-refractivity contribution >= 4 is 5.97 Å². The van der Waals surface area contributed by atoms with Crippen LogP contribution >= 0.6 is 0 Å². The van der Waals surface area contributed by atoms with Gasteiger partial charge in [-0.05, 0) is 37.5 Å². The molecule has 0 saturated heterocycles. The van der Waals surface area contributed by atoms with Crippen LogP contribution in [0, 0.1) is 0 Å². The van der Waals surface area contributed by atoms with E-state index in [1.807, 2.05) is 75.4 Å². The summed E-state index contributed by atoms with van der Waals surface area (Å²) in [6, 6.07) is 30.4. The van der Waals surface area contributed by atoms with E-state index >= 15 is 0 Å². The number of carbonyl (C=O) groups excluding carboxylic acids is 1. The summed E-state index contributed by atoms with van der Waals surface area (Å²) in [6.07, 6.45) is 0.186. The van der Waals surface area contributed by atoms with Crippen molar-refractivity contribution in [1.29, 1.82) is 0 Å². The van der Waals surface area contributed by atoms with Crippen LogP contribution in [0.1, 0.15) is 43.9 Å². The third-order valence-corrected chi connectivity index (χ3v) is 4.59. The molecular weight excluding hydrogens is 360 g/mol. The predicted octanol–water partition coefficient (Wildman–Crippen LogP) is 5.73. The lowest BCUT2D eigenvalue weighted by Crippen LogP contribution is -2.34. The van der Waals surface area contributed by atoms with E-state index in [9.17, 15) is 4.79 Å². The molecule has 0 atom stereocenters. The zero-order valence-corrected chi connectivity index (χ0v) is 17.3. The molecule has 0 aromatic heterocycles. The Morgan fingerprint density at radius 1 is 0.690 bits per heavy atom. The highest BCUT2D eigenvalue weighted by molar-refractivity contribution is 5.70. The molecule has 29 heavy (non-hydrogen) atoms. The quantitative estimate of drug-likeness (QED) is 0.383. The zero-order chi connectivity index (χ0) is 20.7. The van der Waals surface area contributed by atoms with Gasteiger partial charge in [0.05, 0.1) is 13.0 Å². The van der Waals surface area contributed by atoms with Gasteiger partial charge in [-0.3, -0.25) is 4.79 Å². The van der Waals surface area contributed by atoms with Crippen LogP contribution in [0.15, 0.2) is 91.0 Å². The first-order valence-electron chi connectivity index (χ1n) is 9.94. The second kappa shape index (κ2) is 9.06. The van der Waals surface area contributed by atoms with Crippen molar-refractivity contribution in [2.75, 3.05) is 6.61 Å². The Morgan fingerprint density at radius 3 is 1.41 bits per heavy atom. The average molecular weight is 389 g/mol. The monoisotopic (exact) mass is 388 g/mol. The number of hydrogen-bond acceptors (Lipinski definition) is 3. The minimum absolute atomic E-state index is 0.186. The Bertz CT molecular complexity index is 800. The first-order chi connectivity index (χ1) is 13.9. The van der Waals surface area contributed by atoms with Gasteiger partial charge in [-0.1, -0.05) is 91.0 Å². The van der Waals surface area contributed by atoms with Crippen LogP contribution in [-0.4, -0.2) is 18.2 Å². The van der Waals surface area contributed by atoms with Crippen molar-refractivity contribution in [3.63, 3.8) is 0 Å². The molecule has 3 nitrogen and oxygen atoms in total. The van der Waals surface area contributed by atoms with Crippen molar-refractivity contribution in [2.24, 2.45) is 0 Å². The molecule has 0 fully saturated rings. The second-order valence-electron chi connectivity index (χ2n) is 7.96. The fourth-order valence-corrected chi connectivity index (χ4v) is 3.45. The van der Waals surface area contributed by atoms with Gasteiger partial charge >= 0.3 is 5.97 Å². The molecule has 0 amide bonds. The molecule has 0 spiro atoms. The van der Waals surface area contributed by atoms with Gasteiger partial charge < -0.3 is 9.47 Å². The van der Waals surface area contributed by atoms with Crippen LogP contribution < -0.4 is 0 Å². The van der Waals surface area contributed by atoms with Crippen molar-refractivity contribution in [2.45, 2.75) is 38.4 Å². The predicted molar refractivity (Wildman–Crippen MR) is 116 cm³/mol. The Balaban J connectivity index is 2.00. The maximum Gasteiger partial charge on any atom is 0.308 e. The molecule has 3 heteroatoms. The highest BCUT2D eigenvalue weighted by Crippen LogP contribution is 2.40. The summed E-state index contributed by atoms with van der Waals surface area (Å²) in [6.45, 7) is 5.85. The molecule has 3 rings (SSSR count). The SMILES string of the molecule is CC(C)(C)OC(=O)CCOC(c1ccccc1)(c1ccccc1)c1ccccc1. The maximum absolute atomic E-state index is 12.3. The van der Waals surface area contributed by atoms with E-state index in [1.165, 1.54) is 0 Å². The van der Waals surface area contributed by atoms with Gasteiger partial charge in [0.25, 0.3) is 0 Å². The van der Waals surface area contributed by atoms with Gasteiger partial charge in [0.2, 0.25) is 0 Å². The molecule has 0 heterocycles. The van der Waals surface area contributed by atoms with Crippen LogP contribution in [0.25, 0.3) is 0 Å². The lowest BCUT2D eigenvalue weighted by Gasteiger charge is -2.36. The molecule has 0 radical (unpaired) electrons. The number of esters is 1. The van der Waals surface area contributed by atoms with E-state index in [4.69, 9.17) is 9.47 Å². The number of ether oxygens (including phenoxy) is 2. The van der Waals surface area contributed by atoms with E-state index in [1.54, 1.807) is 0 Å². The summed E-state index contributed by atoms with van der Waals surface area (Å²) < 4.78 is 12.0. The highest BCUT2D eigenvalue weighted by atomic mass is 16.6. The van der Waals surface area contributed by atoms with Crippen LogP contribution in [0.4, 0.5) is 0 Å². The molecule has 0 saturated carbocycles. The van der Waals surface area contributed by atoms with Crippen molar-refractivity contribution in [1.82, 2.24) is 0 Å². The van der Waals surface area contributed by atoms with Crippen molar-refractivity contribution in [3.8, 4) is 0 Å². The van der Waals surface area contributed by atoms with E-state index in [-0.39, 0.29) is 19.0 Å². The Labute approximate surface area is 173 Å². The van der Waals surface area contributed by atoms with Gasteiger partial charge in [0, 0.05) is 0 Å². The molecule has 3 aromatic carbocycles. The number of carbonyl (C=O) groups is 1. The normalized spacial score (nSPS) is 11.8. The second-order valence-corrected chi connectivity index (χ2v) is 7.96. The first-order valence-corrected chi connectivity index (χ1v) is 9.94. The highest BCUT2D eigenvalue weighted by Gasteiger charge is 2.37. The third kappa shape index (κ3) is 5.12. The average Bonchev–Trinajstić information content (AvgIpc) is 2.72. The zero-order valence-electron chi connectivity index (χ0n) is 17.3. The molecule has 0 unspecified atom stereocenters. The molecule has 0 aliphatic rings. The van der Waals surface area contributed by atoms with E-state index in [0.29, 0.717) is 0 Å². The van der Waals surface area contributed by atoms with Crippen molar-refractivity contribution in [3.05, 3.63) is 108 Å². The van der Waals surface area contributed by atoms with Gasteiger partial charge in [-0.2, -0.15) is 0 Å². The lowest BCUT2D eigenvalue weighted by molar-refractivity contribution is -0.156. The fourth-order valence-electron chi connectivity index (χ4n) is 3.45. The topological polar surface area (TPSA) is 35.5 Å². The third-order valence-electron chi connectivity index (χ3n) is 4.59. The minimum Gasteiger partial charge on any atom is -0.460 e. The molecule has 0 N–H and O–H groups in total. The summed E-state index contributed by atoms with van der Waals surface area (Å²) in [5.41, 5.74) is 1.72. The van der Waals surface area contributed by atoms with Crippen LogP contribution in [0.2, 0.25) is 0 Å². The van der Waals surface area contributed by atoms with E-state index < -0.39 is 11.2 Å². The van der Waals surface area contributed by atoms with Crippen LogP contribution in [0.3, 0.4) is 0 Å². The van der Waals surface area contributed by atoms with Gasteiger partial charge in [-0.15, -0.1) is 0 Å². The molecule has 0 aliphatic heterocycles. The molecule has 150 valence electrons.